The number of carbonyl (C=O) groups excluding carboxylic acids is 2. The SMILES string of the molecule is CCc1cc(C)c(NC(=O)Cn2c(CC)c(N3CCN(C(=O)c4ncccc4CC)CC3)c(=O)n3nc(C4=CCOCC4)nc23)cc1Cl. The number of anilines is 2. The summed E-state index contributed by atoms with van der Waals surface area (Å²) in [6, 6.07) is 7.53. The zero-order valence-corrected chi connectivity index (χ0v) is 28.6. The van der Waals surface area contributed by atoms with Crippen molar-refractivity contribution in [1.29, 1.82) is 0 Å². The molecule has 5 heterocycles. The minimum absolute atomic E-state index is 0.0925. The second kappa shape index (κ2) is 14.3. The molecule has 0 saturated carbocycles. The number of nitrogens with one attached hydrogen (secondary N) is 1. The third-order valence-electron chi connectivity index (χ3n) is 9.12. The van der Waals surface area contributed by atoms with E-state index in [0.717, 1.165) is 28.7 Å². The van der Waals surface area contributed by atoms with Gasteiger partial charge in [0.25, 0.3) is 11.5 Å². The molecule has 0 atom stereocenters. The molecule has 1 N–H and O–H groups in total. The van der Waals surface area contributed by atoms with Gasteiger partial charge in [-0.05, 0) is 67.0 Å². The van der Waals surface area contributed by atoms with Gasteiger partial charge in [0.1, 0.15) is 17.9 Å². The van der Waals surface area contributed by atoms with Gasteiger partial charge in [-0.3, -0.25) is 19.4 Å². The summed E-state index contributed by atoms with van der Waals surface area (Å²) in [4.78, 5) is 54.3. The molecule has 13 heteroatoms. The maximum atomic E-state index is 14.3. The number of aryl methyl sites for hydroxylation is 3. The van der Waals surface area contributed by atoms with Gasteiger partial charge in [0, 0.05) is 43.1 Å². The molecule has 2 amide bonds. The van der Waals surface area contributed by atoms with E-state index in [1.54, 1.807) is 21.7 Å². The average molecular weight is 673 g/mol. The number of halogens is 1. The van der Waals surface area contributed by atoms with Crippen LogP contribution in [0.3, 0.4) is 0 Å². The molecule has 48 heavy (non-hydrogen) atoms. The maximum absolute atomic E-state index is 14.3. The molecule has 4 aromatic rings. The van der Waals surface area contributed by atoms with E-state index < -0.39 is 0 Å². The van der Waals surface area contributed by atoms with Crippen molar-refractivity contribution in [2.75, 3.05) is 49.6 Å². The van der Waals surface area contributed by atoms with Crippen LogP contribution in [0.15, 0.2) is 41.3 Å². The van der Waals surface area contributed by atoms with E-state index in [0.29, 0.717) is 98.0 Å². The van der Waals surface area contributed by atoms with Crippen LogP contribution in [0.25, 0.3) is 11.4 Å². The summed E-state index contributed by atoms with van der Waals surface area (Å²) in [5.74, 6) is 0.349. The van der Waals surface area contributed by atoms with Crippen LogP contribution in [-0.2, 0) is 35.3 Å². The van der Waals surface area contributed by atoms with Crippen LogP contribution in [0.5, 0.6) is 0 Å². The van der Waals surface area contributed by atoms with Crippen LogP contribution in [0.1, 0.15) is 65.9 Å². The lowest BCUT2D eigenvalue weighted by Gasteiger charge is -2.36. The largest absolute Gasteiger partial charge is 0.377 e. The Labute approximate surface area is 284 Å². The van der Waals surface area contributed by atoms with Crippen LogP contribution < -0.4 is 15.8 Å². The van der Waals surface area contributed by atoms with E-state index in [1.165, 1.54) is 4.52 Å². The molecular formula is C35H41ClN8O4. The first-order valence-corrected chi connectivity index (χ1v) is 17.0. The number of aromatic nitrogens is 5. The number of fused-ring (bicyclic) bond motifs is 1. The lowest BCUT2D eigenvalue weighted by Crippen LogP contribution is -2.51. The number of piperazine rings is 1. The van der Waals surface area contributed by atoms with Crippen molar-refractivity contribution in [3.8, 4) is 0 Å². The molecule has 12 nitrogen and oxygen atoms in total. The molecule has 1 saturated heterocycles. The van der Waals surface area contributed by atoms with Gasteiger partial charge in [0.15, 0.2) is 5.82 Å². The summed E-state index contributed by atoms with van der Waals surface area (Å²) in [6.45, 7) is 10.5. The maximum Gasteiger partial charge on any atom is 0.299 e. The number of nitrogens with zero attached hydrogens (tertiary/aromatic N) is 7. The number of hydrogen-bond acceptors (Lipinski definition) is 8. The average Bonchev–Trinajstić information content (AvgIpc) is 3.57. The number of benzene rings is 1. The predicted octanol–water partition coefficient (Wildman–Crippen LogP) is 4.34. The zero-order valence-electron chi connectivity index (χ0n) is 27.9. The normalized spacial score (nSPS) is 15.1. The van der Waals surface area contributed by atoms with Gasteiger partial charge in [0.05, 0.1) is 18.9 Å². The molecule has 0 spiro atoms. The minimum atomic E-state index is -0.305. The Bertz CT molecular complexity index is 1960. The first kappa shape index (κ1) is 33.4. The van der Waals surface area contributed by atoms with Crippen molar-refractivity contribution in [3.63, 3.8) is 0 Å². The molecule has 1 fully saturated rings. The van der Waals surface area contributed by atoms with Gasteiger partial charge >= 0.3 is 0 Å². The van der Waals surface area contributed by atoms with Crippen molar-refractivity contribution in [2.24, 2.45) is 0 Å². The van der Waals surface area contributed by atoms with Crippen molar-refractivity contribution >= 4 is 46.1 Å². The highest BCUT2D eigenvalue weighted by Crippen LogP contribution is 2.27. The fourth-order valence-corrected chi connectivity index (χ4v) is 6.77. The van der Waals surface area contributed by atoms with E-state index in [2.05, 4.69) is 15.4 Å². The summed E-state index contributed by atoms with van der Waals surface area (Å²) in [7, 11) is 0. The lowest BCUT2D eigenvalue weighted by atomic mass is 10.1. The first-order chi connectivity index (χ1) is 23.2. The van der Waals surface area contributed by atoms with Crippen molar-refractivity contribution in [3.05, 3.63) is 85.8 Å². The Morgan fingerprint density at radius 2 is 1.81 bits per heavy atom. The van der Waals surface area contributed by atoms with Crippen LogP contribution in [-0.4, -0.2) is 80.3 Å². The molecule has 0 bridgehead atoms. The molecule has 0 radical (unpaired) electrons. The smallest absolute Gasteiger partial charge is 0.299 e. The molecular weight excluding hydrogens is 632 g/mol. The summed E-state index contributed by atoms with van der Waals surface area (Å²) in [5, 5.41) is 8.28. The van der Waals surface area contributed by atoms with Crippen LogP contribution >= 0.6 is 11.6 Å². The molecule has 0 aliphatic carbocycles. The Balaban J connectivity index is 1.36. The Morgan fingerprint density at radius 3 is 2.50 bits per heavy atom. The molecule has 252 valence electrons. The summed E-state index contributed by atoms with van der Waals surface area (Å²) in [5.41, 5.74) is 5.66. The predicted molar refractivity (Wildman–Crippen MR) is 186 cm³/mol. The fourth-order valence-electron chi connectivity index (χ4n) is 6.48. The molecule has 6 rings (SSSR count). The minimum Gasteiger partial charge on any atom is -0.377 e. The van der Waals surface area contributed by atoms with Gasteiger partial charge in [-0.1, -0.05) is 50.6 Å². The van der Waals surface area contributed by atoms with Crippen LogP contribution in [0, 0.1) is 6.92 Å². The first-order valence-electron chi connectivity index (χ1n) is 16.6. The van der Waals surface area contributed by atoms with Gasteiger partial charge in [-0.15, -0.1) is 5.10 Å². The molecule has 3 aromatic heterocycles. The second-order valence-corrected chi connectivity index (χ2v) is 12.5. The highest BCUT2D eigenvalue weighted by molar-refractivity contribution is 6.31. The second-order valence-electron chi connectivity index (χ2n) is 12.0. The standard InChI is InChI=1S/C35H41ClN8O4/c1-5-23-9-8-12-37-30(23)33(46)42-15-13-41(14-16-42)31-28(7-3)43(21-29(45)38-27-20-26(36)24(6-2)19-22(27)4)35-39-32(40-44(35)34(31)47)25-10-17-48-18-11-25/h8-10,12,19-20H,5-7,11,13-18,21H2,1-4H3,(H,38,45). The third kappa shape index (κ3) is 6.46. The summed E-state index contributed by atoms with van der Waals surface area (Å²) in [6.07, 6.45) is 6.16. The third-order valence-corrected chi connectivity index (χ3v) is 9.47. The fraction of sp³-hybridized carbons (Fsp3) is 0.429. The van der Waals surface area contributed by atoms with Crippen LogP contribution in [0.4, 0.5) is 11.4 Å². The molecule has 1 aromatic carbocycles. The number of rotatable bonds is 9. The molecule has 0 unspecified atom stereocenters. The number of hydrogen-bond donors (Lipinski definition) is 1. The zero-order chi connectivity index (χ0) is 33.9. The molecule has 2 aliphatic rings. The van der Waals surface area contributed by atoms with Gasteiger partial charge in [0.2, 0.25) is 11.7 Å². The van der Waals surface area contributed by atoms with Gasteiger partial charge < -0.3 is 24.4 Å². The highest BCUT2D eigenvalue weighted by Gasteiger charge is 2.30. The quantitative estimate of drug-likeness (QED) is 0.278. The van der Waals surface area contributed by atoms with Crippen LogP contribution in [0.2, 0.25) is 5.02 Å². The molecule has 2 aliphatic heterocycles. The number of ether oxygens (including phenoxy) is 1. The summed E-state index contributed by atoms with van der Waals surface area (Å²) >= 11 is 6.49. The van der Waals surface area contributed by atoms with Gasteiger partial charge in [-0.25, -0.2) is 0 Å². The number of amides is 2. The summed E-state index contributed by atoms with van der Waals surface area (Å²) < 4.78 is 8.58. The van der Waals surface area contributed by atoms with E-state index in [4.69, 9.17) is 21.3 Å². The Morgan fingerprint density at radius 1 is 1.04 bits per heavy atom. The number of carbonyl (C=O) groups is 2. The monoisotopic (exact) mass is 672 g/mol. The lowest BCUT2D eigenvalue weighted by molar-refractivity contribution is -0.116. The topological polar surface area (TPSA) is 127 Å². The van der Waals surface area contributed by atoms with Gasteiger partial charge in [-0.2, -0.15) is 9.50 Å². The van der Waals surface area contributed by atoms with E-state index >= 15 is 0 Å². The van der Waals surface area contributed by atoms with Crippen molar-refractivity contribution < 1.29 is 14.3 Å². The van der Waals surface area contributed by atoms with E-state index in [9.17, 15) is 14.4 Å². The highest BCUT2D eigenvalue weighted by atomic mass is 35.5. The van der Waals surface area contributed by atoms with Crippen molar-refractivity contribution in [1.82, 2.24) is 29.0 Å². The van der Waals surface area contributed by atoms with E-state index in [1.807, 2.05) is 56.9 Å². The Kier molecular flexibility index (Phi) is 9.93. The Hall–Kier alpha value is -4.55. The number of pyridine rings is 1. The van der Waals surface area contributed by atoms with Crippen molar-refractivity contribution in [2.45, 2.75) is 59.9 Å². The van der Waals surface area contributed by atoms with E-state index in [-0.39, 0.29) is 23.9 Å².